The van der Waals surface area contributed by atoms with Crippen LogP contribution in [0.5, 0.6) is 0 Å². The van der Waals surface area contributed by atoms with Crippen LogP contribution in [0.15, 0.2) is 16.5 Å². The Morgan fingerprint density at radius 2 is 2.22 bits per heavy atom. The molecule has 0 aromatic carbocycles. The summed E-state index contributed by atoms with van der Waals surface area (Å²) in [5.74, 6) is -0.310. The minimum Gasteiger partial charge on any atom is -0.437 e. The van der Waals surface area contributed by atoms with E-state index in [0.29, 0.717) is 12.3 Å². The van der Waals surface area contributed by atoms with Gasteiger partial charge in [-0.3, -0.25) is 19.7 Å². The van der Waals surface area contributed by atoms with Crippen molar-refractivity contribution in [3.8, 4) is 0 Å². The van der Waals surface area contributed by atoms with Gasteiger partial charge in [0, 0.05) is 13.0 Å². The Hall–Kier alpha value is -2.11. The van der Waals surface area contributed by atoms with Crippen molar-refractivity contribution in [3.05, 3.63) is 17.9 Å². The monoisotopic (exact) mass is 250 g/mol. The van der Waals surface area contributed by atoms with Crippen LogP contribution in [0.4, 0.5) is 5.88 Å². The molecule has 1 aromatic heterocycles. The van der Waals surface area contributed by atoms with Crippen LogP contribution < -0.4 is 10.2 Å². The van der Waals surface area contributed by atoms with Crippen LogP contribution >= 0.6 is 0 Å². The molecule has 1 aromatic rings. The number of carbonyl (C=O) groups excluding carboxylic acids is 3. The summed E-state index contributed by atoms with van der Waals surface area (Å²) in [5.41, 5.74) is 0. The second-order valence-electron chi connectivity index (χ2n) is 4.16. The van der Waals surface area contributed by atoms with Crippen molar-refractivity contribution in [3.63, 3.8) is 0 Å². The highest BCUT2D eigenvalue weighted by atomic mass is 16.4. The summed E-state index contributed by atoms with van der Waals surface area (Å²) in [6.07, 6.45) is 0.551. The largest absolute Gasteiger partial charge is 0.437 e. The first-order valence-electron chi connectivity index (χ1n) is 5.74. The number of piperazine rings is 1. The third-order valence-electron chi connectivity index (χ3n) is 2.86. The second-order valence-corrected chi connectivity index (χ2v) is 4.16. The number of carbonyl (C=O) groups is 3. The Kier molecular flexibility index (Phi) is 3.18. The maximum Gasteiger partial charge on any atom is 0.249 e. The van der Waals surface area contributed by atoms with Crippen molar-refractivity contribution in [1.82, 2.24) is 5.32 Å². The number of Topliss-reactive ketones (excluding diaryl/α,β-unsaturated/α-hetero) is 1. The van der Waals surface area contributed by atoms with Gasteiger partial charge in [0.2, 0.25) is 11.8 Å². The van der Waals surface area contributed by atoms with Crippen LogP contribution in [0.1, 0.15) is 30.8 Å². The molecule has 2 rings (SSSR count). The minimum absolute atomic E-state index is 0.0507. The molecule has 0 radical (unpaired) electrons. The van der Waals surface area contributed by atoms with E-state index in [1.54, 1.807) is 17.0 Å². The number of ketones is 1. The van der Waals surface area contributed by atoms with Gasteiger partial charge in [-0.25, -0.2) is 0 Å². The molecule has 1 saturated heterocycles. The quantitative estimate of drug-likeness (QED) is 0.631. The Labute approximate surface area is 104 Å². The molecule has 6 heteroatoms. The highest BCUT2D eigenvalue weighted by molar-refractivity contribution is 6.04. The lowest BCUT2D eigenvalue weighted by atomic mass is 10.1. The zero-order chi connectivity index (χ0) is 13.3. The fraction of sp³-hybridized carbons (Fsp3) is 0.417. The number of imide groups is 1. The zero-order valence-electron chi connectivity index (χ0n) is 10.2. The van der Waals surface area contributed by atoms with Gasteiger partial charge in [0.25, 0.3) is 0 Å². The highest BCUT2D eigenvalue weighted by Crippen LogP contribution is 2.23. The molecule has 96 valence electrons. The van der Waals surface area contributed by atoms with Crippen molar-refractivity contribution in [2.75, 3.05) is 11.4 Å². The molecular weight excluding hydrogens is 236 g/mol. The highest BCUT2D eigenvalue weighted by Gasteiger charge is 2.34. The van der Waals surface area contributed by atoms with E-state index in [0.717, 1.165) is 0 Å². The fourth-order valence-corrected chi connectivity index (χ4v) is 1.98. The van der Waals surface area contributed by atoms with E-state index in [1.165, 1.54) is 6.92 Å². The number of rotatable bonds is 3. The first-order valence-corrected chi connectivity index (χ1v) is 5.74. The number of anilines is 1. The number of furan rings is 1. The van der Waals surface area contributed by atoms with Crippen molar-refractivity contribution in [2.45, 2.75) is 26.3 Å². The molecule has 1 N–H and O–H groups in total. The average molecular weight is 250 g/mol. The molecule has 0 bridgehead atoms. The maximum atomic E-state index is 11.7. The summed E-state index contributed by atoms with van der Waals surface area (Å²) in [6, 6.07) is 2.70. The lowest BCUT2D eigenvalue weighted by Gasteiger charge is -2.32. The van der Waals surface area contributed by atoms with Crippen LogP contribution in [0.3, 0.4) is 0 Å². The summed E-state index contributed by atoms with van der Waals surface area (Å²) >= 11 is 0. The smallest absolute Gasteiger partial charge is 0.249 e. The van der Waals surface area contributed by atoms with Gasteiger partial charge < -0.3 is 9.32 Å². The topological polar surface area (TPSA) is 79.6 Å². The fourth-order valence-electron chi connectivity index (χ4n) is 1.98. The Bertz CT molecular complexity index is 506. The summed E-state index contributed by atoms with van der Waals surface area (Å²) in [5, 5.41) is 2.28. The molecule has 2 amide bonds. The average Bonchev–Trinajstić information content (AvgIpc) is 2.77. The summed E-state index contributed by atoms with van der Waals surface area (Å²) in [6.45, 7) is 3.30. The van der Waals surface area contributed by atoms with Crippen LogP contribution in [-0.2, 0) is 9.59 Å². The van der Waals surface area contributed by atoms with E-state index in [2.05, 4.69) is 5.32 Å². The third kappa shape index (κ3) is 2.13. The number of amides is 2. The van der Waals surface area contributed by atoms with E-state index in [1.807, 2.05) is 6.92 Å². The predicted octanol–water partition coefficient (Wildman–Crippen LogP) is 0.724. The Morgan fingerprint density at radius 1 is 1.50 bits per heavy atom. The van der Waals surface area contributed by atoms with Gasteiger partial charge in [0.05, 0.1) is 0 Å². The third-order valence-corrected chi connectivity index (χ3v) is 2.86. The summed E-state index contributed by atoms with van der Waals surface area (Å²) in [4.78, 5) is 35.8. The van der Waals surface area contributed by atoms with E-state index in [4.69, 9.17) is 4.42 Å². The van der Waals surface area contributed by atoms with Crippen LogP contribution in [0.25, 0.3) is 0 Å². The Morgan fingerprint density at radius 3 is 2.78 bits per heavy atom. The van der Waals surface area contributed by atoms with Crippen LogP contribution in [0, 0.1) is 0 Å². The molecule has 6 nitrogen and oxygen atoms in total. The van der Waals surface area contributed by atoms with Gasteiger partial charge in [-0.15, -0.1) is 0 Å². The molecule has 18 heavy (non-hydrogen) atoms. The van der Waals surface area contributed by atoms with Gasteiger partial charge in [-0.05, 0) is 12.5 Å². The van der Waals surface area contributed by atoms with Crippen molar-refractivity contribution >= 4 is 23.5 Å². The molecule has 1 aliphatic rings. The molecule has 0 saturated carbocycles. The van der Waals surface area contributed by atoms with Gasteiger partial charge in [0.15, 0.2) is 17.4 Å². The second kappa shape index (κ2) is 4.64. The van der Waals surface area contributed by atoms with Crippen molar-refractivity contribution < 1.29 is 18.8 Å². The van der Waals surface area contributed by atoms with Crippen LogP contribution in [0.2, 0.25) is 0 Å². The standard InChI is InChI=1S/C12H14N2O4/c1-3-8-12(17)13-10(16)6-14(8)11-5-4-9(18-11)7(2)15/h4-5,8H,3,6H2,1-2H3,(H,13,16,17). The minimum atomic E-state index is -0.450. The molecular formula is C12H14N2O4. The van der Waals surface area contributed by atoms with E-state index in [9.17, 15) is 14.4 Å². The molecule has 2 heterocycles. The molecule has 0 aliphatic carbocycles. The lowest BCUT2D eigenvalue weighted by molar-refractivity contribution is -0.133. The predicted molar refractivity (Wildman–Crippen MR) is 63.3 cm³/mol. The van der Waals surface area contributed by atoms with Gasteiger partial charge in [-0.1, -0.05) is 6.92 Å². The molecule has 0 spiro atoms. The summed E-state index contributed by atoms with van der Waals surface area (Å²) in [7, 11) is 0. The number of nitrogens with one attached hydrogen (secondary N) is 1. The van der Waals surface area contributed by atoms with Crippen LogP contribution in [-0.4, -0.2) is 30.2 Å². The zero-order valence-corrected chi connectivity index (χ0v) is 10.2. The van der Waals surface area contributed by atoms with Gasteiger partial charge in [-0.2, -0.15) is 0 Å². The summed E-state index contributed by atoms with van der Waals surface area (Å²) < 4.78 is 5.36. The molecule has 1 unspecified atom stereocenters. The number of hydrogen-bond donors (Lipinski definition) is 1. The van der Waals surface area contributed by atoms with Crippen molar-refractivity contribution in [2.24, 2.45) is 0 Å². The lowest BCUT2D eigenvalue weighted by Crippen LogP contribution is -2.58. The van der Waals surface area contributed by atoms with E-state index in [-0.39, 0.29) is 29.9 Å². The van der Waals surface area contributed by atoms with E-state index >= 15 is 0 Å². The number of nitrogens with zero attached hydrogens (tertiary/aromatic N) is 1. The normalized spacial score (nSPS) is 19.9. The van der Waals surface area contributed by atoms with E-state index < -0.39 is 6.04 Å². The first kappa shape index (κ1) is 12.3. The SMILES string of the molecule is CCC1C(=O)NC(=O)CN1c1ccc(C(C)=O)o1. The Balaban J connectivity index is 2.30. The first-order chi connectivity index (χ1) is 8.52. The molecule has 1 aliphatic heterocycles. The maximum absolute atomic E-state index is 11.7. The molecule has 1 fully saturated rings. The molecule has 1 atom stereocenters. The van der Waals surface area contributed by atoms with Crippen molar-refractivity contribution in [1.29, 1.82) is 0 Å². The van der Waals surface area contributed by atoms with Gasteiger partial charge in [0.1, 0.15) is 12.6 Å². The number of hydrogen-bond acceptors (Lipinski definition) is 5. The van der Waals surface area contributed by atoms with Gasteiger partial charge >= 0.3 is 0 Å².